The van der Waals surface area contributed by atoms with E-state index >= 15 is 0 Å². The van der Waals surface area contributed by atoms with Crippen LogP contribution in [0.3, 0.4) is 0 Å². The maximum atomic E-state index is 13.8. The van der Waals surface area contributed by atoms with Crippen LogP contribution in [0.5, 0.6) is 5.75 Å². The van der Waals surface area contributed by atoms with E-state index < -0.39 is 29.4 Å². The van der Waals surface area contributed by atoms with Crippen molar-refractivity contribution in [1.29, 1.82) is 0 Å². The van der Waals surface area contributed by atoms with Gasteiger partial charge in [0.2, 0.25) is 0 Å². The van der Waals surface area contributed by atoms with E-state index in [2.05, 4.69) is 5.32 Å². The number of ether oxygens (including phenoxy) is 2. The molecule has 0 heterocycles. The number of rotatable bonds is 5. The monoisotopic (exact) mass is 316 g/mol. The normalized spacial score (nSPS) is 12.7. The van der Waals surface area contributed by atoms with Gasteiger partial charge in [0.15, 0.2) is 0 Å². The summed E-state index contributed by atoms with van der Waals surface area (Å²) >= 11 is 0. The molecule has 22 heavy (non-hydrogen) atoms. The lowest BCUT2D eigenvalue weighted by molar-refractivity contribution is 0.0524. The van der Waals surface area contributed by atoms with Gasteiger partial charge in [-0.2, -0.15) is 0 Å². The highest BCUT2D eigenvalue weighted by Crippen LogP contribution is 2.24. The summed E-state index contributed by atoms with van der Waals surface area (Å²) in [6.07, 6.45) is -0.514. The Morgan fingerprint density at radius 1 is 1.36 bits per heavy atom. The quantitative estimate of drug-likeness (QED) is 0.874. The smallest absolute Gasteiger partial charge is 0.407 e. The van der Waals surface area contributed by atoms with Crippen LogP contribution in [0.15, 0.2) is 12.1 Å². The first-order valence-electron chi connectivity index (χ1n) is 6.86. The summed E-state index contributed by atoms with van der Waals surface area (Å²) in [5, 5.41) is 2.50. The first kappa shape index (κ1) is 18.2. The lowest BCUT2D eigenvalue weighted by Crippen LogP contribution is -2.41. The van der Waals surface area contributed by atoms with Crippen LogP contribution in [-0.4, -0.2) is 31.4 Å². The SMILES string of the molecule is COc1cc(F)cc(F)c1CC(N)CNC(=O)OC(C)(C)C. The number of carbonyl (C=O) groups excluding carboxylic acids is 1. The molecule has 1 aromatic carbocycles. The Balaban J connectivity index is 2.63. The van der Waals surface area contributed by atoms with E-state index in [1.807, 2.05) is 0 Å². The van der Waals surface area contributed by atoms with Crippen LogP contribution in [-0.2, 0) is 11.2 Å². The summed E-state index contributed by atoms with van der Waals surface area (Å²) in [5.74, 6) is -1.37. The standard InChI is InChI=1S/C15H22F2N2O3/c1-15(2,3)22-14(20)19-8-10(18)7-11-12(17)5-9(16)6-13(11)21-4/h5-6,10H,7-8,18H2,1-4H3,(H,19,20). The van der Waals surface area contributed by atoms with Crippen molar-refractivity contribution in [3.8, 4) is 5.75 Å². The number of nitrogens with two attached hydrogens (primary N) is 1. The topological polar surface area (TPSA) is 73.6 Å². The molecule has 0 aliphatic heterocycles. The number of halogens is 2. The molecule has 0 saturated carbocycles. The molecule has 0 fully saturated rings. The van der Waals surface area contributed by atoms with Gasteiger partial charge in [-0.15, -0.1) is 0 Å². The second kappa shape index (κ2) is 7.40. The molecule has 1 aromatic rings. The molecule has 1 unspecified atom stereocenters. The Labute approximate surface area is 128 Å². The van der Waals surface area contributed by atoms with E-state index in [4.69, 9.17) is 15.2 Å². The van der Waals surface area contributed by atoms with E-state index in [0.717, 1.165) is 12.1 Å². The van der Waals surface area contributed by atoms with E-state index in [1.54, 1.807) is 20.8 Å². The predicted molar refractivity (Wildman–Crippen MR) is 78.8 cm³/mol. The molecule has 7 heteroatoms. The minimum Gasteiger partial charge on any atom is -0.496 e. The van der Waals surface area contributed by atoms with Gasteiger partial charge in [0.25, 0.3) is 0 Å². The Bertz CT molecular complexity index is 530. The molecule has 3 N–H and O–H groups in total. The minimum absolute atomic E-state index is 0.0882. The number of alkyl carbamates (subject to hydrolysis) is 1. The number of hydrogen-bond acceptors (Lipinski definition) is 4. The van der Waals surface area contributed by atoms with E-state index in [0.29, 0.717) is 0 Å². The first-order chi connectivity index (χ1) is 10.1. The summed E-state index contributed by atoms with van der Waals surface area (Å²) in [7, 11) is 1.32. The molecule has 0 radical (unpaired) electrons. The molecule has 0 aliphatic carbocycles. The van der Waals surface area contributed by atoms with Crippen molar-refractivity contribution >= 4 is 6.09 Å². The third kappa shape index (κ3) is 5.85. The molecule has 0 aromatic heterocycles. The number of carbonyl (C=O) groups is 1. The molecule has 1 amide bonds. The van der Waals surface area contributed by atoms with Crippen LogP contribution in [0, 0.1) is 11.6 Å². The van der Waals surface area contributed by atoms with Gasteiger partial charge in [-0.1, -0.05) is 0 Å². The fourth-order valence-corrected chi connectivity index (χ4v) is 1.82. The van der Waals surface area contributed by atoms with Crippen molar-refractivity contribution in [3.63, 3.8) is 0 Å². The van der Waals surface area contributed by atoms with Crippen molar-refractivity contribution in [2.75, 3.05) is 13.7 Å². The van der Waals surface area contributed by atoms with Crippen LogP contribution in [0.4, 0.5) is 13.6 Å². The number of hydrogen-bond donors (Lipinski definition) is 2. The van der Waals surface area contributed by atoms with Crippen molar-refractivity contribution in [2.24, 2.45) is 5.73 Å². The second-order valence-corrected chi connectivity index (χ2v) is 5.92. The largest absolute Gasteiger partial charge is 0.496 e. The Kier molecular flexibility index (Phi) is 6.11. The summed E-state index contributed by atoms with van der Waals surface area (Å²) in [6, 6.07) is 1.29. The number of nitrogens with one attached hydrogen (secondary N) is 1. The fourth-order valence-electron chi connectivity index (χ4n) is 1.82. The molecule has 0 aliphatic rings. The van der Waals surface area contributed by atoms with E-state index in [1.165, 1.54) is 7.11 Å². The fraction of sp³-hybridized carbons (Fsp3) is 0.533. The van der Waals surface area contributed by atoms with Crippen LogP contribution in [0.1, 0.15) is 26.3 Å². The molecule has 1 atom stereocenters. The highest BCUT2D eigenvalue weighted by Gasteiger charge is 2.18. The summed E-state index contributed by atoms with van der Waals surface area (Å²) in [6.45, 7) is 5.32. The van der Waals surface area contributed by atoms with Gasteiger partial charge in [0, 0.05) is 30.3 Å². The molecule has 124 valence electrons. The van der Waals surface area contributed by atoms with Gasteiger partial charge >= 0.3 is 6.09 Å². The van der Waals surface area contributed by atoms with Crippen molar-refractivity contribution in [2.45, 2.75) is 38.8 Å². The van der Waals surface area contributed by atoms with E-state index in [9.17, 15) is 13.6 Å². The molecular weight excluding hydrogens is 294 g/mol. The van der Waals surface area contributed by atoms with Gasteiger partial charge in [-0.3, -0.25) is 0 Å². The zero-order chi connectivity index (χ0) is 16.9. The second-order valence-electron chi connectivity index (χ2n) is 5.92. The molecule has 0 spiro atoms. The maximum absolute atomic E-state index is 13.8. The third-order valence-electron chi connectivity index (χ3n) is 2.71. The molecule has 5 nitrogen and oxygen atoms in total. The predicted octanol–water partition coefficient (Wildman–Crippen LogP) is 2.37. The van der Waals surface area contributed by atoms with Gasteiger partial charge in [-0.05, 0) is 27.2 Å². The number of amides is 1. The molecule has 0 bridgehead atoms. The Hall–Kier alpha value is -1.89. The number of benzene rings is 1. The van der Waals surface area contributed by atoms with Gasteiger partial charge in [0.05, 0.1) is 7.11 Å². The Morgan fingerprint density at radius 3 is 2.55 bits per heavy atom. The van der Waals surface area contributed by atoms with Crippen molar-refractivity contribution in [1.82, 2.24) is 5.32 Å². The van der Waals surface area contributed by atoms with Gasteiger partial charge in [-0.25, -0.2) is 13.6 Å². The van der Waals surface area contributed by atoms with Gasteiger partial charge in [0.1, 0.15) is 23.0 Å². The number of methoxy groups -OCH3 is 1. The van der Waals surface area contributed by atoms with E-state index in [-0.39, 0.29) is 24.3 Å². The van der Waals surface area contributed by atoms with Crippen LogP contribution in [0.2, 0.25) is 0 Å². The van der Waals surface area contributed by atoms with Crippen LogP contribution < -0.4 is 15.8 Å². The highest BCUT2D eigenvalue weighted by atomic mass is 19.1. The maximum Gasteiger partial charge on any atom is 0.407 e. The zero-order valence-electron chi connectivity index (χ0n) is 13.2. The zero-order valence-corrected chi connectivity index (χ0v) is 13.2. The average molecular weight is 316 g/mol. The van der Waals surface area contributed by atoms with Gasteiger partial charge < -0.3 is 20.5 Å². The first-order valence-corrected chi connectivity index (χ1v) is 6.86. The minimum atomic E-state index is -0.732. The van der Waals surface area contributed by atoms with Crippen molar-refractivity contribution < 1.29 is 23.0 Å². The van der Waals surface area contributed by atoms with Crippen LogP contribution in [0.25, 0.3) is 0 Å². The van der Waals surface area contributed by atoms with Crippen LogP contribution >= 0.6 is 0 Å². The van der Waals surface area contributed by atoms with Crippen molar-refractivity contribution in [3.05, 3.63) is 29.3 Å². The average Bonchev–Trinajstić information content (AvgIpc) is 2.37. The Morgan fingerprint density at radius 2 is 2.00 bits per heavy atom. The molecular formula is C15H22F2N2O3. The molecule has 0 saturated heterocycles. The lowest BCUT2D eigenvalue weighted by atomic mass is 10.0. The summed E-state index contributed by atoms with van der Waals surface area (Å²) in [4.78, 5) is 11.5. The summed E-state index contributed by atoms with van der Waals surface area (Å²) < 4.78 is 36.9. The molecule has 1 rings (SSSR count). The highest BCUT2D eigenvalue weighted by molar-refractivity contribution is 5.67. The third-order valence-corrected chi connectivity index (χ3v) is 2.71. The summed E-state index contributed by atoms with van der Waals surface area (Å²) in [5.41, 5.74) is 5.42. The lowest BCUT2D eigenvalue weighted by Gasteiger charge is -2.21.